The van der Waals surface area contributed by atoms with E-state index in [0.29, 0.717) is 21.7 Å². The smallest absolute Gasteiger partial charge is 0.365 e. The number of anilines is 1. The van der Waals surface area contributed by atoms with E-state index in [0.717, 1.165) is 29.3 Å². The average Bonchev–Trinajstić information content (AvgIpc) is 3.50. The van der Waals surface area contributed by atoms with E-state index in [4.69, 9.17) is 5.73 Å². The molecule has 0 saturated carbocycles. The number of nitrogens with two attached hydrogens (primary N) is 1. The Bertz CT molecular complexity index is 1480. The number of primary amides is 1. The highest BCUT2D eigenvalue weighted by Gasteiger charge is 2.37. The number of fused-ring (bicyclic) bond motifs is 2. The van der Waals surface area contributed by atoms with E-state index in [1.807, 2.05) is 0 Å². The lowest BCUT2D eigenvalue weighted by Crippen LogP contribution is -2.20. The quantitative estimate of drug-likeness (QED) is 0.318. The minimum atomic E-state index is -4.74. The van der Waals surface area contributed by atoms with Crippen molar-refractivity contribution in [1.82, 2.24) is 14.6 Å². The fourth-order valence-electron chi connectivity index (χ4n) is 4.15. The molecule has 2 amide bonds. The summed E-state index contributed by atoms with van der Waals surface area (Å²) in [6, 6.07) is 4.27. The molecule has 35 heavy (non-hydrogen) atoms. The van der Waals surface area contributed by atoms with Gasteiger partial charge >= 0.3 is 6.18 Å². The van der Waals surface area contributed by atoms with Gasteiger partial charge in [0.2, 0.25) is 0 Å². The molecule has 5 rings (SSSR count). The Morgan fingerprint density at radius 3 is 2.77 bits per heavy atom. The summed E-state index contributed by atoms with van der Waals surface area (Å²) in [5.74, 6) is -1.01. The molecule has 0 spiro atoms. The van der Waals surface area contributed by atoms with Gasteiger partial charge in [-0.25, -0.2) is 9.50 Å². The van der Waals surface area contributed by atoms with Crippen LogP contribution >= 0.6 is 38.6 Å². The zero-order chi connectivity index (χ0) is 25.1. The van der Waals surface area contributed by atoms with Crippen LogP contribution in [0.2, 0.25) is 0 Å². The first-order valence-electron chi connectivity index (χ1n) is 10.5. The first kappa shape index (κ1) is 23.9. The number of thiophene rings is 2. The molecule has 0 radical (unpaired) electrons. The molecule has 1 aliphatic carbocycles. The summed E-state index contributed by atoms with van der Waals surface area (Å²) in [6.45, 7) is 2.11. The van der Waals surface area contributed by atoms with Crippen LogP contribution in [0.5, 0.6) is 0 Å². The fraction of sp³-hybridized carbons (Fsp3) is 0.273. The number of nitrogens with zero attached hydrogens (tertiary/aromatic N) is 3. The molecule has 182 valence electrons. The van der Waals surface area contributed by atoms with Crippen molar-refractivity contribution in [3.63, 3.8) is 0 Å². The van der Waals surface area contributed by atoms with Crippen LogP contribution in [0.4, 0.5) is 18.2 Å². The molecule has 7 nitrogen and oxygen atoms in total. The largest absolute Gasteiger partial charge is 0.433 e. The molecule has 1 atom stereocenters. The van der Waals surface area contributed by atoms with Crippen LogP contribution in [0.15, 0.2) is 28.1 Å². The van der Waals surface area contributed by atoms with Gasteiger partial charge in [-0.15, -0.1) is 22.7 Å². The highest BCUT2D eigenvalue weighted by atomic mass is 79.9. The predicted octanol–water partition coefficient (Wildman–Crippen LogP) is 5.78. The van der Waals surface area contributed by atoms with E-state index < -0.39 is 23.7 Å². The highest BCUT2D eigenvalue weighted by molar-refractivity contribution is 9.10. The fourth-order valence-corrected chi connectivity index (χ4v) is 6.76. The molecule has 0 fully saturated rings. The van der Waals surface area contributed by atoms with Gasteiger partial charge in [-0.05, 0) is 64.2 Å². The van der Waals surface area contributed by atoms with E-state index in [-0.39, 0.29) is 32.1 Å². The summed E-state index contributed by atoms with van der Waals surface area (Å²) >= 11 is 5.72. The molecule has 0 unspecified atom stereocenters. The average molecular weight is 584 g/mol. The van der Waals surface area contributed by atoms with Gasteiger partial charge in [0.05, 0.1) is 20.6 Å². The Labute approximate surface area is 213 Å². The Balaban J connectivity index is 1.59. The van der Waals surface area contributed by atoms with Crippen molar-refractivity contribution in [2.24, 2.45) is 11.7 Å². The summed E-state index contributed by atoms with van der Waals surface area (Å²) in [5, 5.41) is 8.59. The summed E-state index contributed by atoms with van der Waals surface area (Å²) < 4.78 is 42.3. The summed E-state index contributed by atoms with van der Waals surface area (Å²) in [5.41, 5.74) is 5.29. The van der Waals surface area contributed by atoms with Crippen molar-refractivity contribution in [2.75, 3.05) is 5.32 Å². The third kappa shape index (κ3) is 4.25. The van der Waals surface area contributed by atoms with Crippen LogP contribution in [-0.2, 0) is 19.0 Å². The topological polar surface area (TPSA) is 102 Å². The minimum Gasteiger partial charge on any atom is -0.365 e. The Morgan fingerprint density at radius 1 is 1.34 bits per heavy atom. The van der Waals surface area contributed by atoms with Gasteiger partial charge in [-0.3, -0.25) is 9.59 Å². The first-order valence-corrected chi connectivity index (χ1v) is 13.0. The second kappa shape index (κ2) is 8.71. The van der Waals surface area contributed by atoms with E-state index in [1.54, 1.807) is 17.5 Å². The molecule has 13 heteroatoms. The van der Waals surface area contributed by atoms with E-state index in [2.05, 4.69) is 38.3 Å². The summed E-state index contributed by atoms with van der Waals surface area (Å²) in [4.78, 5) is 31.2. The van der Waals surface area contributed by atoms with Crippen LogP contribution in [0.1, 0.15) is 50.3 Å². The van der Waals surface area contributed by atoms with Crippen molar-refractivity contribution in [3.05, 3.63) is 55.4 Å². The molecule has 4 aromatic rings. The molecule has 0 aromatic carbocycles. The minimum absolute atomic E-state index is 0.00877. The lowest BCUT2D eigenvalue weighted by Gasteiger charge is -2.18. The number of hydrogen-bond acceptors (Lipinski definition) is 6. The van der Waals surface area contributed by atoms with Gasteiger partial charge in [-0.1, -0.05) is 13.0 Å². The van der Waals surface area contributed by atoms with Crippen LogP contribution in [0.25, 0.3) is 16.2 Å². The summed E-state index contributed by atoms with van der Waals surface area (Å²) in [6.07, 6.45) is -2.41. The molecular weight excluding hydrogens is 567 g/mol. The van der Waals surface area contributed by atoms with Crippen molar-refractivity contribution in [2.45, 2.75) is 32.4 Å². The number of hydrogen-bond donors (Lipinski definition) is 2. The highest BCUT2D eigenvalue weighted by Crippen LogP contribution is 2.40. The SMILES string of the molecule is C[C@@H]1CCc2c(sc(NC(=O)c3nn4c(C(F)(F)F)cc(-c5cccs5)nc4c3Br)c2C(N)=O)C1. The normalized spacial score (nSPS) is 15.9. The maximum absolute atomic E-state index is 13.9. The number of aromatic nitrogens is 3. The third-order valence-corrected chi connectivity index (χ3v) is 8.59. The molecule has 1 aliphatic rings. The lowest BCUT2D eigenvalue weighted by molar-refractivity contribution is -0.142. The second-order valence-electron chi connectivity index (χ2n) is 8.27. The Kier molecular flexibility index (Phi) is 5.96. The molecule has 0 saturated heterocycles. The monoisotopic (exact) mass is 583 g/mol. The molecule has 0 aliphatic heterocycles. The molecule has 4 heterocycles. The number of halogens is 4. The second-order valence-corrected chi connectivity index (χ2v) is 11.1. The van der Waals surface area contributed by atoms with E-state index in [9.17, 15) is 22.8 Å². The molecule has 0 bridgehead atoms. The van der Waals surface area contributed by atoms with Crippen molar-refractivity contribution in [1.29, 1.82) is 0 Å². The maximum atomic E-state index is 13.9. The maximum Gasteiger partial charge on any atom is 0.433 e. The zero-order valence-electron chi connectivity index (χ0n) is 18.1. The van der Waals surface area contributed by atoms with Crippen molar-refractivity contribution >= 4 is 61.1 Å². The number of amides is 2. The van der Waals surface area contributed by atoms with Crippen LogP contribution in [0.3, 0.4) is 0 Å². The molecular formula is C22H17BrF3N5O2S2. The van der Waals surface area contributed by atoms with Gasteiger partial charge in [0, 0.05) is 4.88 Å². The van der Waals surface area contributed by atoms with Crippen LogP contribution < -0.4 is 11.1 Å². The first-order chi connectivity index (χ1) is 16.5. The summed E-state index contributed by atoms with van der Waals surface area (Å²) in [7, 11) is 0. The van der Waals surface area contributed by atoms with Gasteiger partial charge in [-0.2, -0.15) is 18.3 Å². The zero-order valence-corrected chi connectivity index (χ0v) is 21.3. The van der Waals surface area contributed by atoms with Crippen LogP contribution in [-0.4, -0.2) is 26.4 Å². The van der Waals surface area contributed by atoms with Gasteiger partial charge in [0.1, 0.15) is 5.00 Å². The van der Waals surface area contributed by atoms with Crippen LogP contribution in [0, 0.1) is 5.92 Å². The van der Waals surface area contributed by atoms with E-state index in [1.165, 1.54) is 22.7 Å². The number of carbonyl (C=O) groups excluding carboxylic acids is 2. The molecule has 4 aromatic heterocycles. The van der Waals surface area contributed by atoms with Crippen molar-refractivity contribution < 1.29 is 22.8 Å². The number of rotatable bonds is 4. The van der Waals surface area contributed by atoms with Gasteiger partial charge < -0.3 is 11.1 Å². The Morgan fingerprint density at radius 2 is 2.11 bits per heavy atom. The predicted molar refractivity (Wildman–Crippen MR) is 131 cm³/mol. The number of nitrogens with one attached hydrogen (secondary N) is 1. The standard InChI is InChI=1S/C22H17BrF3N5O2S2/c1-9-4-5-10-13(7-9)35-21(15(10)18(27)32)29-20(33)17-16(23)19-28-11(12-3-2-6-34-12)8-14(22(24,25)26)31(19)30-17/h2-3,6,8-9H,4-5,7H2,1H3,(H2,27,32)(H,29,33)/t9-/m1/s1. The lowest BCUT2D eigenvalue weighted by atomic mass is 9.88. The van der Waals surface area contributed by atoms with Gasteiger partial charge in [0.15, 0.2) is 17.0 Å². The van der Waals surface area contributed by atoms with E-state index >= 15 is 0 Å². The Hall–Kier alpha value is -2.77. The third-order valence-electron chi connectivity index (χ3n) is 5.80. The number of alkyl halides is 3. The van der Waals surface area contributed by atoms with Crippen molar-refractivity contribution in [3.8, 4) is 10.6 Å². The van der Waals surface area contributed by atoms with Gasteiger partial charge in [0.25, 0.3) is 11.8 Å². The number of carbonyl (C=O) groups is 2. The molecule has 3 N–H and O–H groups in total.